The quantitative estimate of drug-likeness (QED) is 0.255. The summed E-state index contributed by atoms with van der Waals surface area (Å²) < 4.78 is 15.9. The van der Waals surface area contributed by atoms with E-state index in [1.165, 1.54) is 0 Å². The topological polar surface area (TPSA) is 160 Å². The Morgan fingerprint density at radius 2 is 1.45 bits per heavy atom. The minimum absolute atomic E-state index is 0.370. The van der Waals surface area contributed by atoms with E-state index in [0.717, 1.165) is 16.0 Å². The van der Waals surface area contributed by atoms with Gasteiger partial charge in [0.05, 0.1) is 6.61 Å². The summed E-state index contributed by atoms with van der Waals surface area (Å²) >= 11 is 0. The number of carbonyl (C=O) groups is 4. The van der Waals surface area contributed by atoms with E-state index in [0.29, 0.717) is 24.3 Å². The van der Waals surface area contributed by atoms with Crippen LogP contribution in [-0.2, 0) is 35.1 Å². The molecule has 42 heavy (non-hydrogen) atoms. The molecule has 11 heteroatoms. The molecule has 3 aromatic carbocycles. The van der Waals surface area contributed by atoms with Crippen molar-refractivity contribution in [3.63, 3.8) is 0 Å². The van der Waals surface area contributed by atoms with E-state index in [1.807, 2.05) is 72.8 Å². The van der Waals surface area contributed by atoms with Gasteiger partial charge in [-0.1, -0.05) is 60.7 Å². The van der Waals surface area contributed by atoms with E-state index in [-0.39, 0.29) is 5.92 Å². The van der Waals surface area contributed by atoms with E-state index < -0.39 is 54.9 Å². The van der Waals surface area contributed by atoms with Crippen molar-refractivity contribution in [1.29, 1.82) is 0 Å². The van der Waals surface area contributed by atoms with Gasteiger partial charge in [-0.05, 0) is 55.2 Å². The zero-order chi connectivity index (χ0) is 30.3. The summed E-state index contributed by atoms with van der Waals surface area (Å²) in [6, 6.07) is 25.5. The number of carbonyl (C=O) groups excluding carboxylic acids is 1. The first-order chi connectivity index (χ1) is 20.1. The molecule has 3 atom stereocenters. The first kappa shape index (κ1) is 30.2. The maximum absolute atomic E-state index is 13.6. The van der Waals surface area contributed by atoms with Crippen molar-refractivity contribution in [3.05, 3.63) is 96.1 Å². The number of nitrogens with zero attached hydrogens (tertiary/aromatic N) is 1. The molecule has 0 unspecified atom stereocenters. The lowest BCUT2D eigenvalue weighted by molar-refractivity contribution is -0.218. The smallest absolute Gasteiger partial charge is 0.377 e. The maximum atomic E-state index is 13.6. The lowest BCUT2D eigenvalue weighted by atomic mass is 9.85. The largest absolute Gasteiger partial charge is 0.480 e. The van der Waals surface area contributed by atoms with Crippen molar-refractivity contribution in [1.82, 2.24) is 4.90 Å². The Hall–Kier alpha value is -4.74. The summed E-state index contributed by atoms with van der Waals surface area (Å²) in [7, 11) is 0. The van der Waals surface area contributed by atoms with Crippen LogP contribution >= 0.6 is 0 Å². The minimum Gasteiger partial charge on any atom is -0.480 e. The lowest BCUT2D eigenvalue weighted by Crippen LogP contribution is -2.52. The average Bonchev–Trinajstić information content (AvgIpc) is 3.45. The van der Waals surface area contributed by atoms with Gasteiger partial charge in [-0.25, -0.2) is 9.59 Å². The fraction of sp³-hybridized carbons (Fsp3) is 0.290. The SMILES string of the molecule is C[C@H]([C@H](CCc1ccccc1)c1ccc(Oc2ccccc2)cc1)N(CC(=O)O)C(=O)[C@H]1COC(C(=O)O)(C(=O)O)O1. The first-order valence-corrected chi connectivity index (χ1v) is 13.3. The van der Waals surface area contributed by atoms with Gasteiger partial charge >= 0.3 is 23.7 Å². The summed E-state index contributed by atoms with van der Waals surface area (Å²) in [5.41, 5.74) is 1.87. The Bertz CT molecular complexity index is 1380. The molecule has 0 aliphatic carbocycles. The molecule has 1 amide bonds. The van der Waals surface area contributed by atoms with E-state index in [2.05, 4.69) is 0 Å². The van der Waals surface area contributed by atoms with Crippen molar-refractivity contribution in [2.24, 2.45) is 0 Å². The van der Waals surface area contributed by atoms with Gasteiger partial charge in [0, 0.05) is 12.0 Å². The van der Waals surface area contributed by atoms with Crippen molar-refractivity contribution in [2.75, 3.05) is 13.2 Å². The number of rotatable bonds is 13. The molecular formula is C31H31NO10. The Morgan fingerprint density at radius 1 is 0.881 bits per heavy atom. The fourth-order valence-electron chi connectivity index (χ4n) is 4.93. The lowest BCUT2D eigenvalue weighted by Gasteiger charge is -2.35. The molecule has 0 bridgehead atoms. The van der Waals surface area contributed by atoms with Crippen LogP contribution in [0.2, 0.25) is 0 Å². The van der Waals surface area contributed by atoms with Gasteiger partial charge in [-0.3, -0.25) is 9.59 Å². The van der Waals surface area contributed by atoms with Crippen LogP contribution in [0.1, 0.15) is 30.4 Å². The van der Waals surface area contributed by atoms with Crippen LogP contribution in [0.15, 0.2) is 84.9 Å². The van der Waals surface area contributed by atoms with Gasteiger partial charge in [-0.2, -0.15) is 0 Å². The van der Waals surface area contributed by atoms with Crippen molar-refractivity contribution >= 4 is 23.8 Å². The third-order valence-corrected chi connectivity index (χ3v) is 7.12. The minimum atomic E-state index is -3.06. The van der Waals surface area contributed by atoms with Crippen LogP contribution < -0.4 is 4.74 Å². The number of para-hydroxylation sites is 1. The third kappa shape index (κ3) is 6.93. The normalized spacial score (nSPS) is 17.1. The second-order valence-electron chi connectivity index (χ2n) is 9.86. The summed E-state index contributed by atoms with van der Waals surface area (Å²) in [6.45, 7) is 0.312. The standard InChI is InChI=1S/C31H31NO10/c1-20(32(18-27(33)34)28(35)26-19-40-31(42-26,29(36)37)30(38)39)25(17-12-21-8-4-2-5-9-21)22-13-15-24(16-14-22)41-23-10-6-3-7-11-23/h2-11,13-16,20,25-26H,12,17-19H2,1H3,(H,33,34)(H,36,37)(H,38,39)/t20-,25+,26-/m1/s1. The second kappa shape index (κ2) is 13.3. The van der Waals surface area contributed by atoms with Crippen LogP contribution in [-0.4, -0.2) is 75.1 Å². The average molecular weight is 578 g/mol. The van der Waals surface area contributed by atoms with E-state index >= 15 is 0 Å². The van der Waals surface area contributed by atoms with Crippen molar-refractivity contribution in [3.8, 4) is 11.5 Å². The molecule has 1 heterocycles. The highest BCUT2D eigenvalue weighted by Crippen LogP contribution is 2.33. The molecule has 3 N–H and O–H groups in total. The zero-order valence-corrected chi connectivity index (χ0v) is 22.8. The van der Waals surface area contributed by atoms with Crippen LogP contribution in [0.3, 0.4) is 0 Å². The number of ether oxygens (including phenoxy) is 3. The predicted octanol–water partition coefficient (Wildman–Crippen LogP) is 3.78. The molecule has 220 valence electrons. The Balaban J connectivity index is 1.61. The zero-order valence-electron chi connectivity index (χ0n) is 22.8. The van der Waals surface area contributed by atoms with E-state index in [1.54, 1.807) is 19.1 Å². The number of aryl methyl sites for hydroxylation is 1. The first-order valence-electron chi connectivity index (χ1n) is 13.3. The summed E-state index contributed by atoms with van der Waals surface area (Å²) in [4.78, 5) is 49.7. The molecule has 1 aliphatic heterocycles. The molecule has 3 aromatic rings. The number of carboxylic acid groups (broad SMARTS) is 3. The Kier molecular flexibility index (Phi) is 9.56. The molecule has 1 aliphatic rings. The third-order valence-electron chi connectivity index (χ3n) is 7.12. The number of amides is 1. The number of benzene rings is 3. The molecule has 1 fully saturated rings. The number of carboxylic acids is 3. The molecule has 0 radical (unpaired) electrons. The van der Waals surface area contributed by atoms with Gasteiger partial charge < -0.3 is 34.4 Å². The second-order valence-corrected chi connectivity index (χ2v) is 9.86. The molecule has 1 saturated heterocycles. The highest BCUT2D eigenvalue weighted by Gasteiger charge is 2.58. The van der Waals surface area contributed by atoms with E-state index in [9.17, 15) is 34.5 Å². The Labute approximate surface area is 241 Å². The van der Waals surface area contributed by atoms with Crippen LogP contribution in [0.25, 0.3) is 0 Å². The highest BCUT2D eigenvalue weighted by atomic mass is 16.8. The molecule has 0 saturated carbocycles. The van der Waals surface area contributed by atoms with Gasteiger partial charge in [0.1, 0.15) is 18.0 Å². The summed E-state index contributed by atoms with van der Waals surface area (Å²) in [5.74, 6) is -8.22. The Morgan fingerprint density at radius 3 is 2.00 bits per heavy atom. The van der Waals surface area contributed by atoms with E-state index in [4.69, 9.17) is 14.2 Å². The maximum Gasteiger partial charge on any atom is 0.377 e. The van der Waals surface area contributed by atoms with Crippen molar-refractivity contribution < 1.29 is 48.7 Å². The summed E-state index contributed by atoms with van der Waals surface area (Å²) in [6.07, 6.45) is -0.475. The van der Waals surface area contributed by atoms with Crippen molar-refractivity contribution in [2.45, 2.75) is 43.6 Å². The van der Waals surface area contributed by atoms with Gasteiger partial charge in [-0.15, -0.1) is 0 Å². The summed E-state index contributed by atoms with van der Waals surface area (Å²) in [5, 5.41) is 28.5. The van der Waals surface area contributed by atoms with Crippen LogP contribution in [0, 0.1) is 0 Å². The van der Waals surface area contributed by atoms with Gasteiger partial charge in [0.15, 0.2) is 6.10 Å². The number of aliphatic carboxylic acids is 3. The number of hydrogen-bond acceptors (Lipinski definition) is 7. The number of hydrogen-bond donors (Lipinski definition) is 3. The van der Waals surface area contributed by atoms with Crippen LogP contribution in [0.4, 0.5) is 0 Å². The fourth-order valence-corrected chi connectivity index (χ4v) is 4.93. The van der Waals surface area contributed by atoms with Crippen LogP contribution in [0.5, 0.6) is 11.5 Å². The molecule has 0 spiro atoms. The highest BCUT2D eigenvalue weighted by molar-refractivity contribution is 6.01. The molecule has 11 nitrogen and oxygen atoms in total. The molecule has 0 aromatic heterocycles. The monoisotopic (exact) mass is 577 g/mol. The predicted molar refractivity (Wildman–Crippen MR) is 148 cm³/mol. The van der Waals surface area contributed by atoms with Gasteiger partial charge in [0.25, 0.3) is 5.91 Å². The molecular weight excluding hydrogens is 546 g/mol. The van der Waals surface area contributed by atoms with Gasteiger partial charge in [0.2, 0.25) is 0 Å². The molecule has 4 rings (SSSR count).